The van der Waals surface area contributed by atoms with Gasteiger partial charge in [0, 0.05) is 24.0 Å². The smallest absolute Gasteiger partial charge is 0.276 e. The van der Waals surface area contributed by atoms with Crippen LogP contribution in [0.3, 0.4) is 0 Å². The van der Waals surface area contributed by atoms with Crippen molar-refractivity contribution >= 4 is 11.6 Å². The van der Waals surface area contributed by atoms with E-state index in [1.807, 2.05) is 36.4 Å². The quantitative estimate of drug-likeness (QED) is 0.473. The Morgan fingerprint density at radius 2 is 1.66 bits per heavy atom. The summed E-state index contributed by atoms with van der Waals surface area (Å²) in [5.74, 6) is 1.47. The molecule has 8 heteroatoms. The highest BCUT2D eigenvalue weighted by Gasteiger charge is 2.18. The van der Waals surface area contributed by atoms with Gasteiger partial charge in [-0.25, -0.2) is 4.68 Å². The molecule has 8 nitrogen and oxygen atoms in total. The molecule has 0 spiro atoms. The van der Waals surface area contributed by atoms with E-state index in [4.69, 9.17) is 14.2 Å². The molecule has 0 fully saturated rings. The molecule has 0 saturated carbocycles. The number of carbonyl (C=O) groups excluding carboxylic acids is 1. The summed E-state index contributed by atoms with van der Waals surface area (Å²) in [5, 5.41) is 7.43. The van der Waals surface area contributed by atoms with Crippen molar-refractivity contribution in [2.45, 2.75) is 0 Å². The van der Waals surface area contributed by atoms with Gasteiger partial charge in [-0.1, -0.05) is 0 Å². The Hall–Kier alpha value is -4.33. The van der Waals surface area contributed by atoms with Crippen molar-refractivity contribution in [3.8, 4) is 34.2 Å². The van der Waals surface area contributed by atoms with E-state index >= 15 is 0 Å². The average Bonchev–Trinajstić information content (AvgIpc) is 3.30. The minimum absolute atomic E-state index is 0.248. The number of hydrogen-bond acceptors (Lipinski definition) is 6. The maximum Gasteiger partial charge on any atom is 0.276 e. The Bertz CT molecular complexity index is 1220. The third-order valence-electron chi connectivity index (χ3n) is 4.87. The summed E-state index contributed by atoms with van der Waals surface area (Å²) in [6, 6.07) is 18.1. The van der Waals surface area contributed by atoms with Crippen LogP contribution < -0.4 is 19.5 Å². The van der Waals surface area contributed by atoms with Crippen LogP contribution in [0.4, 0.5) is 5.69 Å². The maximum absolute atomic E-state index is 13.1. The number of nitrogens with zero attached hydrogens (tertiary/aromatic N) is 3. The van der Waals surface area contributed by atoms with Crippen LogP contribution in [0.25, 0.3) is 16.9 Å². The monoisotopic (exact) mass is 430 g/mol. The molecule has 0 saturated heterocycles. The van der Waals surface area contributed by atoms with Crippen LogP contribution in [-0.2, 0) is 0 Å². The SMILES string of the molecule is COc1ccc(-n2nc(C(=O)Nc3ccc(OC)cc3OC)cc2-c2cccnc2)cc1. The summed E-state index contributed by atoms with van der Waals surface area (Å²) in [7, 11) is 4.71. The van der Waals surface area contributed by atoms with Crippen LogP contribution in [-0.4, -0.2) is 42.0 Å². The lowest BCUT2D eigenvalue weighted by atomic mass is 10.2. The fraction of sp³-hybridized carbons (Fsp3) is 0.125. The molecule has 2 aromatic carbocycles. The van der Waals surface area contributed by atoms with Gasteiger partial charge in [0.15, 0.2) is 5.69 Å². The minimum Gasteiger partial charge on any atom is -0.497 e. The fourth-order valence-electron chi connectivity index (χ4n) is 3.22. The molecule has 32 heavy (non-hydrogen) atoms. The lowest BCUT2D eigenvalue weighted by molar-refractivity contribution is 0.102. The topological polar surface area (TPSA) is 87.5 Å². The van der Waals surface area contributed by atoms with Gasteiger partial charge < -0.3 is 19.5 Å². The largest absolute Gasteiger partial charge is 0.497 e. The molecular formula is C24H22N4O4. The summed E-state index contributed by atoms with van der Waals surface area (Å²) in [5.41, 5.74) is 3.11. The lowest BCUT2D eigenvalue weighted by Crippen LogP contribution is -2.14. The number of aromatic nitrogens is 3. The highest BCUT2D eigenvalue weighted by Crippen LogP contribution is 2.30. The molecule has 0 aliphatic carbocycles. The molecule has 4 rings (SSSR count). The van der Waals surface area contributed by atoms with Crippen molar-refractivity contribution in [2.75, 3.05) is 26.6 Å². The fourth-order valence-corrected chi connectivity index (χ4v) is 3.22. The second-order valence-electron chi connectivity index (χ2n) is 6.79. The van der Waals surface area contributed by atoms with Crippen molar-refractivity contribution in [1.29, 1.82) is 0 Å². The third-order valence-corrected chi connectivity index (χ3v) is 4.87. The second-order valence-corrected chi connectivity index (χ2v) is 6.79. The highest BCUT2D eigenvalue weighted by molar-refractivity contribution is 6.04. The predicted molar refractivity (Wildman–Crippen MR) is 121 cm³/mol. The van der Waals surface area contributed by atoms with Gasteiger partial charge in [-0.2, -0.15) is 5.10 Å². The molecule has 0 radical (unpaired) electrons. The van der Waals surface area contributed by atoms with Crippen LogP contribution in [0.5, 0.6) is 17.2 Å². The van der Waals surface area contributed by atoms with Gasteiger partial charge in [-0.05, 0) is 54.6 Å². The number of ether oxygens (including phenoxy) is 3. The number of pyridine rings is 1. The Kier molecular flexibility index (Phi) is 6.03. The summed E-state index contributed by atoms with van der Waals surface area (Å²) in [4.78, 5) is 17.2. The number of benzene rings is 2. The zero-order chi connectivity index (χ0) is 22.5. The van der Waals surface area contributed by atoms with E-state index in [-0.39, 0.29) is 11.6 Å². The van der Waals surface area contributed by atoms with Gasteiger partial charge in [0.2, 0.25) is 0 Å². The number of nitrogens with one attached hydrogen (secondary N) is 1. The molecule has 0 aliphatic heterocycles. The van der Waals surface area contributed by atoms with Crippen LogP contribution in [0.15, 0.2) is 73.1 Å². The summed E-state index contributed by atoms with van der Waals surface area (Å²) < 4.78 is 17.5. The van der Waals surface area contributed by atoms with Gasteiger partial charge in [-0.3, -0.25) is 9.78 Å². The van der Waals surface area contributed by atoms with Gasteiger partial charge in [0.1, 0.15) is 17.2 Å². The first kappa shape index (κ1) is 20.9. The summed E-state index contributed by atoms with van der Waals surface area (Å²) >= 11 is 0. The predicted octanol–water partition coefficient (Wildman–Crippen LogP) is 4.21. The number of amides is 1. The molecule has 2 aromatic heterocycles. The van der Waals surface area contributed by atoms with E-state index in [0.29, 0.717) is 17.2 Å². The van der Waals surface area contributed by atoms with Crippen LogP contribution >= 0.6 is 0 Å². The summed E-state index contributed by atoms with van der Waals surface area (Å²) in [6.07, 6.45) is 3.42. The molecule has 4 aromatic rings. The van der Waals surface area contributed by atoms with Crippen molar-refractivity contribution in [3.63, 3.8) is 0 Å². The first-order valence-electron chi connectivity index (χ1n) is 9.81. The number of methoxy groups -OCH3 is 3. The Morgan fingerprint density at radius 3 is 2.31 bits per heavy atom. The zero-order valence-corrected chi connectivity index (χ0v) is 17.9. The molecule has 0 aliphatic rings. The van der Waals surface area contributed by atoms with E-state index < -0.39 is 0 Å². The van der Waals surface area contributed by atoms with Crippen LogP contribution in [0.2, 0.25) is 0 Å². The average molecular weight is 430 g/mol. The van der Waals surface area contributed by atoms with Gasteiger partial charge in [0.05, 0.1) is 38.4 Å². The first-order valence-corrected chi connectivity index (χ1v) is 9.81. The van der Waals surface area contributed by atoms with Gasteiger partial charge >= 0.3 is 0 Å². The van der Waals surface area contributed by atoms with Crippen LogP contribution in [0.1, 0.15) is 10.5 Å². The molecule has 0 atom stereocenters. The molecule has 1 amide bonds. The molecule has 1 N–H and O–H groups in total. The summed E-state index contributed by atoms with van der Waals surface area (Å²) in [6.45, 7) is 0. The standard InChI is InChI=1S/C24H22N4O4/c1-30-18-8-6-17(7-9-18)28-22(16-5-4-12-25-15-16)14-21(27-28)24(29)26-20-11-10-19(31-2)13-23(20)32-3/h4-15H,1-3H3,(H,26,29). The molecular weight excluding hydrogens is 408 g/mol. The Labute approximate surface area is 185 Å². The number of hydrogen-bond donors (Lipinski definition) is 1. The third kappa shape index (κ3) is 4.24. The van der Waals surface area contributed by atoms with E-state index in [9.17, 15) is 4.79 Å². The van der Waals surface area contributed by atoms with E-state index in [2.05, 4.69) is 15.4 Å². The zero-order valence-electron chi connectivity index (χ0n) is 17.9. The van der Waals surface area contributed by atoms with Gasteiger partial charge in [0.25, 0.3) is 5.91 Å². The van der Waals surface area contributed by atoms with E-state index in [1.54, 1.807) is 55.6 Å². The second kappa shape index (κ2) is 9.22. The van der Waals surface area contributed by atoms with Crippen LogP contribution in [0, 0.1) is 0 Å². The normalized spacial score (nSPS) is 10.5. The van der Waals surface area contributed by atoms with E-state index in [0.717, 1.165) is 22.7 Å². The molecule has 2 heterocycles. The lowest BCUT2D eigenvalue weighted by Gasteiger charge is -2.10. The van der Waals surface area contributed by atoms with Crippen molar-refractivity contribution in [2.24, 2.45) is 0 Å². The van der Waals surface area contributed by atoms with Crippen molar-refractivity contribution in [3.05, 3.63) is 78.8 Å². The minimum atomic E-state index is -0.370. The van der Waals surface area contributed by atoms with Crippen molar-refractivity contribution < 1.29 is 19.0 Å². The highest BCUT2D eigenvalue weighted by atomic mass is 16.5. The maximum atomic E-state index is 13.1. The Morgan fingerprint density at radius 1 is 0.906 bits per heavy atom. The Balaban J connectivity index is 1.71. The molecule has 162 valence electrons. The molecule has 0 unspecified atom stereocenters. The van der Waals surface area contributed by atoms with E-state index in [1.165, 1.54) is 7.11 Å². The van der Waals surface area contributed by atoms with Crippen molar-refractivity contribution in [1.82, 2.24) is 14.8 Å². The number of carbonyl (C=O) groups is 1. The first-order chi connectivity index (χ1) is 15.6. The van der Waals surface area contributed by atoms with Gasteiger partial charge in [-0.15, -0.1) is 0 Å². The number of anilines is 1. The number of rotatable bonds is 7. The molecule has 0 bridgehead atoms.